The van der Waals surface area contributed by atoms with E-state index in [1.54, 1.807) is 35.6 Å². The zero-order valence-electron chi connectivity index (χ0n) is 19.1. The molecule has 1 N–H and O–H groups in total. The molecule has 0 bridgehead atoms. The summed E-state index contributed by atoms with van der Waals surface area (Å²) in [5, 5.41) is 5.04. The van der Waals surface area contributed by atoms with Crippen molar-refractivity contribution in [3.05, 3.63) is 106 Å². The van der Waals surface area contributed by atoms with Gasteiger partial charge in [0, 0.05) is 28.2 Å². The standard InChI is InChI=1S/C29H26N2O2S/c1-20-9-11-21(12-10-20)24-6-2-3-7-25(24)28(32)30-23-15-13-22(14-16-23)29(33)31-18-5-4-8-27-26(31)17-19-34-27/h2-3,6-7,9-17,19H,4-5,8,18H2,1H3,(H,30,32). The first-order chi connectivity index (χ1) is 16.6. The van der Waals surface area contributed by atoms with Crippen LogP contribution in [0.1, 0.15) is 44.0 Å². The highest BCUT2D eigenvalue weighted by Gasteiger charge is 2.23. The lowest BCUT2D eigenvalue weighted by molar-refractivity contribution is 0.0986. The minimum absolute atomic E-state index is 0.00384. The molecule has 0 aliphatic carbocycles. The Morgan fingerprint density at radius 1 is 0.882 bits per heavy atom. The van der Waals surface area contributed by atoms with E-state index in [0.29, 0.717) is 16.8 Å². The molecule has 34 heavy (non-hydrogen) atoms. The van der Waals surface area contributed by atoms with Gasteiger partial charge in [-0.2, -0.15) is 0 Å². The molecule has 5 rings (SSSR count). The number of amides is 2. The van der Waals surface area contributed by atoms with Crippen LogP contribution < -0.4 is 10.2 Å². The Balaban J connectivity index is 1.33. The van der Waals surface area contributed by atoms with Gasteiger partial charge in [0.05, 0.1) is 5.69 Å². The fraction of sp³-hybridized carbons (Fsp3) is 0.172. The molecule has 1 aliphatic heterocycles. The highest BCUT2D eigenvalue weighted by molar-refractivity contribution is 7.10. The number of nitrogens with one attached hydrogen (secondary N) is 1. The third-order valence-electron chi connectivity index (χ3n) is 6.22. The number of carbonyl (C=O) groups excluding carboxylic acids is 2. The van der Waals surface area contributed by atoms with Gasteiger partial charge in [0.1, 0.15) is 0 Å². The molecule has 5 heteroatoms. The lowest BCUT2D eigenvalue weighted by Crippen LogP contribution is -2.31. The fourth-order valence-electron chi connectivity index (χ4n) is 4.36. The van der Waals surface area contributed by atoms with Gasteiger partial charge in [0.15, 0.2) is 0 Å². The van der Waals surface area contributed by atoms with Gasteiger partial charge in [-0.25, -0.2) is 0 Å². The Bertz CT molecular complexity index is 1320. The van der Waals surface area contributed by atoms with E-state index in [-0.39, 0.29) is 11.8 Å². The normalized spacial score (nSPS) is 13.1. The maximum atomic E-state index is 13.2. The summed E-state index contributed by atoms with van der Waals surface area (Å²) in [5.74, 6) is -0.171. The van der Waals surface area contributed by atoms with Crippen LogP contribution in [0.4, 0.5) is 11.4 Å². The van der Waals surface area contributed by atoms with Crippen LogP contribution in [-0.4, -0.2) is 18.4 Å². The molecule has 0 saturated heterocycles. The summed E-state index contributed by atoms with van der Waals surface area (Å²) in [7, 11) is 0. The van der Waals surface area contributed by atoms with Crippen LogP contribution in [0.25, 0.3) is 11.1 Å². The highest BCUT2D eigenvalue weighted by Crippen LogP contribution is 2.32. The molecule has 0 fully saturated rings. The Morgan fingerprint density at radius 2 is 1.65 bits per heavy atom. The zero-order valence-corrected chi connectivity index (χ0v) is 19.9. The predicted octanol–water partition coefficient (Wildman–Crippen LogP) is 6.96. The average molecular weight is 467 g/mol. The van der Waals surface area contributed by atoms with Crippen molar-refractivity contribution in [1.82, 2.24) is 0 Å². The monoisotopic (exact) mass is 466 g/mol. The van der Waals surface area contributed by atoms with Crippen LogP contribution in [0.15, 0.2) is 84.2 Å². The molecule has 1 aliphatic rings. The van der Waals surface area contributed by atoms with Crippen LogP contribution >= 0.6 is 11.3 Å². The fourth-order valence-corrected chi connectivity index (χ4v) is 5.29. The summed E-state index contributed by atoms with van der Waals surface area (Å²) in [6.07, 6.45) is 3.14. The van der Waals surface area contributed by atoms with Crippen molar-refractivity contribution < 1.29 is 9.59 Å². The van der Waals surface area contributed by atoms with Crippen molar-refractivity contribution >= 4 is 34.5 Å². The van der Waals surface area contributed by atoms with E-state index in [0.717, 1.165) is 42.6 Å². The number of hydrogen-bond acceptors (Lipinski definition) is 3. The molecular formula is C29H26N2O2S. The minimum Gasteiger partial charge on any atom is -0.322 e. The predicted molar refractivity (Wildman–Crippen MR) is 140 cm³/mol. The second-order valence-corrected chi connectivity index (χ2v) is 9.59. The number of carbonyl (C=O) groups is 2. The Labute approximate surface area is 203 Å². The first-order valence-electron chi connectivity index (χ1n) is 11.6. The molecule has 3 aromatic carbocycles. The molecule has 2 heterocycles. The number of aryl methyl sites for hydroxylation is 2. The van der Waals surface area contributed by atoms with E-state index in [4.69, 9.17) is 0 Å². The van der Waals surface area contributed by atoms with Crippen LogP contribution in [0.3, 0.4) is 0 Å². The van der Waals surface area contributed by atoms with Gasteiger partial charge >= 0.3 is 0 Å². The Morgan fingerprint density at radius 3 is 2.44 bits per heavy atom. The van der Waals surface area contributed by atoms with Gasteiger partial charge in [-0.1, -0.05) is 48.0 Å². The van der Waals surface area contributed by atoms with Crippen molar-refractivity contribution in [2.24, 2.45) is 0 Å². The third-order valence-corrected chi connectivity index (χ3v) is 7.19. The summed E-state index contributed by atoms with van der Waals surface area (Å²) >= 11 is 1.72. The molecular weight excluding hydrogens is 440 g/mol. The smallest absolute Gasteiger partial charge is 0.258 e. The molecule has 0 spiro atoms. The maximum Gasteiger partial charge on any atom is 0.258 e. The van der Waals surface area contributed by atoms with Crippen molar-refractivity contribution in [3.8, 4) is 11.1 Å². The first-order valence-corrected chi connectivity index (χ1v) is 12.4. The van der Waals surface area contributed by atoms with Crippen LogP contribution in [0.5, 0.6) is 0 Å². The van der Waals surface area contributed by atoms with Crippen molar-refractivity contribution in [1.29, 1.82) is 0 Å². The summed E-state index contributed by atoms with van der Waals surface area (Å²) < 4.78 is 0. The molecule has 2 amide bonds. The van der Waals surface area contributed by atoms with Crippen molar-refractivity contribution in [3.63, 3.8) is 0 Å². The lowest BCUT2D eigenvalue weighted by atomic mass is 9.98. The number of thiophene rings is 1. The van der Waals surface area contributed by atoms with Gasteiger partial charge in [-0.3, -0.25) is 9.59 Å². The number of hydrogen-bond donors (Lipinski definition) is 1. The maximum absolute atomic E-state index is 13.2. The van der Waals surface area contributed by atoms with E-state index in [1.807, 2.05) is 66.4 Å². The average Bonchev–Trinajstić information content (AvgIpc) is 3.23. The van der Waals surface area contributed by atoms with Gasteiger partial charge in [0.25, 0.3) is 11.8 Å². The molecule has 0 radical (unpaired) electrons. The number of nitrogens with zero attached hydrogens (tertiary/aromatic N) is 1. The van der Waals surface area contributed by atoms with E-state index in [2.05, 4.69) is 10.7 Å². The number of anilines is 2. The molecule has 4 nitrogen and oxygen atoms in total. The van der Waals surface area contributed by atoms with Crippen LogP contribution in [0.2, 0.25) is 0 Å². The van der Waals surface area contributed by atoms with Gasteiger partial charge in [-0.15, -0.1) is 11.3 Å². The van der Waals surface area contributed by atoms with E-state index < -0.39 is 0 Å². The topological polar surface area (TPSA) is 49.4 Å². The number of rotatable bonds is 4. The van der Waals surface area contributed by atoms with Gasteiger partial charge < -0.3 is 10.2 Å². The highest BCUT2D eigenvalue weighted by atomic mass is 32.1. The van der Waals surface area contributed by atoms with Gasteiger partial charge in [0.2, 0.25) is 0 Å². The van der Waals surface area contributed by atoms with E-state index in [9.17, 15) is 9.59 Å². The SMILES string of the molecule is Cc1ccc(-c2ccccc2C(=O)Nc2ccc(C(=O)N3CCCCc4sccc43)cc2)cc1. The molecule has 0 unspecified atom stereocenters. The molecule has 1 aromatic heterocycles. The Hall–Kier alpha value is -3.70. The zero-order chi connectivity index (χ0) is 23.5. The van der Waals surface area contributed by atoms with E-state index >= 15 is 0 Å². The molecule has 0 atom stereocenters. The summed E-state index contributed by atoms with van der Waals surface area (Å²) in [5.41, 5.74) is 6.00. The van der Waals surface area contributed by atoms with E-state index in [1.165, 1.54) is 10.4 Å². The molecule has 170 valence electrons. The number of fused-ring (bicyclic) bond motifs is 1. The summed E-state index contributed by atoms with van der Waals surface area (Å²) in [4.78, 5) is 29.5. The summed E-state index contributed by atoms with van der Waals surface area (Å²) in [6, 6.07) is 25.0. The number of benzene rings is 3. The van der Waals surface area contributed by atoms with Crippen LogP contribution in [-0.2, 0) is 6.42 Å². The second-order valence-electron chi connectivity index (χ2n) is 8.59. The quantitative estimate of drug-likeness (QED) is 0.353. The largest absolute Gasteiger partial charge is 0.322 e. The van der Waals surface area contributed by atoms with Crippen molar-refractivity contribution in [2.45, 2.75) is 26.2 Å². The first kappa shape index (κ1) is 22.1. The van der Waals surface area contributed by atoms with Gasteiger partial charge in [-0.05, 0) is 79.1 Å². The minimum atomic E-state index is -0.175. The molecule has 4 aromatic rings. The third kappa shape index (κ3) is 4.52. The summed E-state index contributed by atoms with van der Waals surface area (Å²) in [6.45, 7) is 2.78. The second kappa shape index (κ2) is 9.65. The lowest BCUT2D eigenvalue weighted by Gasteiger charge is -2.21. The Kier molecular flexibility index (Phi) is 6.28. The molecule has 0 saturated carbocycles. The van der Waals surface area contributed by atoms with Crippen LogP contribution in [0, 0.1) is 6.92 Å². The van der Waals surface area contributed by atoms with Crippen molar-refractivity contribution in [2.75, 3.05) is 16.8 Å².